The maximum Gasteiger partial charge on any atom is 0.399 e. The van der Waals surface area contributed by atoms with E-state index in [4.69, 9.17) is 0 Å². The molecule has 0 nitrogen and oxygen atoms in total. The Balaban J connectivity index is 2.35. The van der Waals surface area contributed by atoms with Gasteiger partial charge in [-0.05, 0) is 41.8 Å². The van der Waals surface area contributed by atoms with Gasteiger partial charge in [0.1, 0.15) is 0 Å². The van der Waals surface area contributed by atoms with E-state index < -0.39 is 12.1 Å². The summed E-state index contributed by atoms with van der Waals surface area (Å²) in [5.74, 6) is -1.63. The van der Waals surface area contributed by atoms with Crippen LogP contribution in [0.15, 0.2) is 57.5 Å². The standard InChI is InChI=1S/C17H13Br2F3/c1-11-5-6-12(9-16(11)19)7-8-15(17(20,21)22)13-3-2-4-14(18)10-13/h2-10,15H,1H3/b8-7+. The number of halogens is 5. The van der Waals surface area contributed by atoms with E-state index in [1.165, 1.54) is 24.3 Å². The van der Waals surface area contributed by atoms with Crippen molar-refractivity contribution >= 4 is 37.9 Å². The highest BCUT2D eigenvalue weighted by Crippen LogP contribution is 2.37. The number of benzene rings is 2. The zero-order valence-corrected chi connectivity index (χ0v) is 14.8. The predicted molar refractivity (Wildman–Crippen MR) is 90.9 cm³/mol. The zero-order chi connectivity index (χ0) is 16.3. The second kappa shape index (κ2) is 7.01. The molecule has 0 spiro atoms. The third-order valence-corrected chi connectivity index (χ3v) is 4.59. The number of hydrogen-bond acceptors (Lipinski definition) is 0. The van der Waals surface area contributed by atoms with Crippen LogP contribution in [0.2, 0.25) is 0 Å². The van der Waals surface area contributed by atoms with Crippen molar-refractivity contribution < 1.29 is 13.2 Å². The molecule has 0 aromatic heterocycles. The SMILES string of the molecule is Cc1ccc(/C=C/C(c2cccc(Br)c2)C(F)(F)F)cc1Br. The van der Waals surface area contributed by atoms with Crippen LogP contribution >= 0.6 is 31.9 Å². The average molecular weight is 434 g/mol. The molecule has 2 aromatic rings. The summed E-state index contributed by atoms with van der Waals surface area (Å²) in [4.78, 5) is 0. The Morgan fingerprint density at radius 3 is 2.36 bits per heavy atom. The highest BCUT2D eigenvalue weighted by Gasteiger charge is 2.38. The van der Waals surface area contributed by atoms with Gasteiger partial charge < -0.3 is 0 Å². The van der Waals surface area contributed by atoms with Crippen LogP contribution in [-0.2, 0) is 0 Å². The Morgan fingerprint density at radius 1 is 1.05 bits per heavy atom. The Labute approximate surface area is 144 Å². The molecule has 5 heteroatoms. The molecule has 1 unspecified atom stereocenters. The molecule has 0 amide bonds. The molecule has 0 saturated carbocycles. The van der Waals surface area contributed by atoms with Gasteiger partial charge in [0.25, 0.3) is 0 Å². The number of alkyl halides is 3. The fraction of sp³-hybridized carbons (Fsp3) is 0.176. The van der Waals surface area contributed by atoms with Crippen molar-refractivity contribution in [3.63, 3.8) is 0 Å². The van der Waals surface area contributed by atoms with E-state index in [-0.39, 0.29) is 5.56 Å². The van der Waals surface area contributed by atoms with Gasteiger partial charge in [0.05, 0.1) is 5.92 Å². The molecule has 0 saturated heterocycles. The van der Waals surface area contributed by atoms with Gasteiger partial charge >= 0.3 is 6.18 Å². The minimum Gasteiger partial charge on any atom is -0.170 e. The summed E-state index contributed by atoms with van der Waals surface area (Å²) >= 11 is 6.60. The summed E-state index contributed by atoms with van der Waals surface area (Å²) in [6, 6.07) is 11.8. The van der Waals surface area contributed by atoms with Crippen LogP contribution in [0.5, 0.6) is 0 Å². The highest BCUT2D eigenvalue weighted by atomic mass is 79.9. The van der Waals surface area contributed by atoms with E-state index in [2.05, 4.69) is 31.9 Å². The smallest absolute Gasteiger partial charge is 0.170 e. The van der Waals surface area contributed by atoms with Gasteiger partial charge in [-0.25, -0.2) is 0 Å². The van der Waals surface area contributed by atoms with Crippen LogP contribution in [0.4, 0.5) is 13.2 Å². The van der Waals surface area contributed by atoms with Crippen molar-refractivity contribution in [1.82, 2.24) is 0 Å². The molecule has 0 bridgehead atoms. The fourth-order valence-corrected chi connectivity index (χ4v) is 2.84. The first kappa shape index (κ1) is 17.3. The van der Waals surface area contributed by atoms with E-state index in [1.807, 2.05) is 13.0 Å². The lowest BCUT2D eigenvalue weighted by molar-refractivity contribution is -0.139. The molecule has 22 heavy (non-hydrogen) atoms. The van der Waals surface area contributed by atoms with Crippen molar-refractivity contribution in [2.45, 2.75) is 19.0 Å². The normalized spacial score (nSPS) is 13.5. The Morgan fingerprint density at radius 2 is 1.77 bits per heavy atom. The maximum absolute atomic E-state index is 13.3. The van der Waals surface area contributed by atoms with Gasteiger partial charge in [-0.1, -0.05) is 68.3 Å². The highest BCUT2D eigenvalue weighted by molar-refractivity contribution is 9.10. The number of hydrogen-bond donors (Lipinski definition) is 0. The Bertz CT molecular complexity index is 691. The summed E-state index contributed by atoms with van der Waals surface area (Å²) in [5, 5.41) is 0. The number of allylic oxidation sites excluding steroid dienone is 1. The molecule has 116 valence electrons. The lowest BCUT2D eigenvalue weighted by Crippen LogP contribution is -2.18. The molecular weight excluding hydrogens is 421 g/mol. The largest absolute Gasteiger partial charge is 0.399 e. The monoisotopic (exact) mass is 432 g/mol. The van der Waals surface area contributed by atoms with Gasteiger partial charge in [0.15, 0.2) is 0 Å². The minimum atomic E-state index is -4.33. The van der Waals surface area contributed by atoms with Gasteiger partial charge in [0, 0.05) is 8.95 Å². The zero-order valence-electron chi connectivity index (χ0n) is 11.7. The molecule has 2 rings (SSSR count). The van der Waals surface area contributed by atoms with E-state index in [9.17, 15) is 13.2 Å². The summed E-state index contributed by atoms with van der Waals surface area (Å²) in [6.07, 6.45) is -1.64. The van der Waals surface area contributed by atoms with E-state index in [1.54, 1.807) is 24.3 Å². The van der Waals surface area contributed by atoms with E-state index >= 15 is 0 Å². The number of rotatable bonds is 3. The quantitative estimate of drug-likeness (QED) is 0.494. The van der Waals surface area contributed by atoms with Crippen LogP contribution in [0.3, 0.4) is 0 Å². The third kappa shape index (κ3) is 4.46. The molecule has 0 aliphatic heterocycles. The third-order valence-electron chi connectivity index (χ3n) is 3.24. The summed E-state index contributed by atoms with van der Waals surface area (Å²) in [6.45, 7) is 1.93. The molecule has 2 aromatic carbocycles. The summed E-state index contributed by atoms with van der Waals surface area (Å²) < 4.78 is 41.4. The molecule has 0 heterocycles. The van der Waals surface area contributed by atoms with Crippen LogP contribution in [0.25, 0.3) is 6.08 Å². The first-order valence-electron chi connectivity index (χ1n) is 6.54. The summed E-state index contributed by atoms with van der Waals surface area (Å²) in [7, 11) is 0. The first-order valence-corrected chi connectivity index (χ1v) is 8.12. The van der Waals surface area contributed by atoms with Crippen LogP contribution < -0.4 is 0 Å². The Kier molecular flexibility index (Phi) is 5.50. The minimum absolute atomic E-state index is 0.212. The van der Waals surface area contributed by atoms with Crippen molar-refractivity contribution in [1.29, 1.82) is 0 Å². The van der Waals surface area contributed by atoms with E-state index in [0.717, 1.165) is 15.6 Å². The molecule has 0 radical (unpaired) electrons. The average Bonchev–Trinajstić information content (AvgIpc) is 2.41. The predicted octanol–water partition coefficient (Wildman–Crippen LogP) is 6.88. The van der Waals surface area contributed by atoms with Crippen molar-refractivity contribution in [2.75, 3.05) is 0 Å². The van der Waals surface area contributed by atoms with E-state index in [0.29, 0.717) is 4.47 Å². The summed E-state index contributed by atoms with van der Waals surface area (Å²) in [5.41, 5.74) is 1.97. The molecule has 0 aliphatic carbocycles. The van der Waals surface area contributed by atoms with Gasteiger partial charge in [-0.15, -0.1) is 0 Å². The molecule has 1 atom stereocenters. The Hall–Kier alpha value is -1.07. The number of aryl methyl sites for hydroxylation is 1. The fourth-order valence-electron chi connectivity index (χ4n) is 2.03. The second-order valence-corrected chi connectivity index (χ2v) is 6.71. The molecule has 0 N–H and O–H groups in total. The lowest BCUT2D eigenvalue weighted by Gasteiger charge is -2.17. The van der Waals surface area contributed by atoms with Crippen molar-refractivity contribution in [3.05, 3.63) is 74.2 Å². The molecule has 0 fully saturated rings. The van der Waals surface area contributed by atoms with Gasteiger partial charge in [0.2, 0.25) is 0 Å². The topological polar surface area (TPSA) is 0 Å². The van der Waals surface area contributed by atoms with Crippen LogP contribution in [0, 0.1) is 6.92 Å². The van der Waals surface area contributed by atoms with Gasteiger partial charge in [-0.3, -0.25) is 0 Å². The van der Waals surface area contributed by atoms with Crippen molar-refractivity contribution in [3.8, 4) is 0 Å². The molecular formula is C17H13Br2F3. The second-order valence-electron chi connectivity index (χ2n) is 4.94. The molecule has 0 aliphatic rings. The maximum atomic E-state index is 13.3. The first-order chi connectivity index (χ1) is 10.3. The van der Waals surface area contributed by atoms with Crippen molar-refractivity contribution in [2.24, 2.45) is 0 Å². The lowest BCUT2D eigenvalue weighted by atomic mass is 9.97. The van der Waals surface area contributed by atoms with Crippen LogP contribution in [-0.4, -0.2) is 6.18 Å². The van der Waals surface area contributed by atoms with Crippen LogP contribution in [0.1, 0.15) is 22.6 Å². The van der Waals surface area contributed by atoms with Gasteiger partial charge in [-0.2, -0.15) is 13.2 Å².